The topological polar surface area (TPSA) is 111 Å². The number of ether oxygens (including phenoxy) is 2. The highest BCUT2D eigenvalue weighted by atomic mass is 32.2. The van der Waals surface area contributed by atoms with Gasteiger partial charge in [-0.15, -0.1) is 0 Å². The highest BCUT2D eigenvalue weighted by Crippen LogP contribution is 2.32. The van der Waals surface area contributed by atoms with Gasteiger partial charge >= 0.3 is 0 Å². The molecule has 3 aromatic rings. The van der Waals surface area contributed by atoms with E-state index in [2.05, 4.69) is 10.5 Å². The number of halogens is 1. The molecule has 0 saturated carbocycles. The monoisotopic (exact) mass is 529 g/mol. The van der Waals surface area contributed by atoms with Crippen molar-refractivity contribution >= 4 is 33.8 Å². The van der Waals surface area contributed by atoms with Crippen molar-refractivity contribution in [2.75, 3.05) is 32.6 Å². The third-order valence-electron chi connectivity index (χ3n) is 6.23. The fourth-order valence-corrected chi connectivity index (χ4v) is 5.94. The zero-order chi connectivity index (χ0) is 26.6. The molecule has 9 nitrogen and oxygen atoms in total. The van der Waals surface area contributed by atoms with Gasteiger partial charge in [0.2, 0.25) is 15.9 Å². The summed E-state index contributed by atoms with van der Waals surface area (Å²) in [5, 5.41) is 6.69. The van der Waals surface area contributed by atoms with E-state index in [9.17, 15) is 17.6 Å². The van der Waals surface area contributed by atoms with Gasteiger partial charge in [-0.25, -0.2) is 12.8 Å². The molecule has 1 saturated heterocycles. The average molecular weight is 530 g/mol. The maximum Gasteiger partial charge on any atom is 0.248 e. The summed E-state index contributed by atoms with van der Waals surface area (Å²) in [6.45, 7) is 1.86. The number of methoxy groups -OCH3 is 2. The van der Waals surface area contributed by atoms with Crippen LogP contribution in [-0.2, 0) is 14.8 Å². The largest absolute Gasteiger partial charge is 0.493 e. The van der Waals surface area contributed by atoms with Crippen LogP contribution in [0, 0.1) is 18.7 Å². The summed E-state index contributed by atoms with van der Waals surface area (Å²) in [5.74, 6) is 0.0701. The Labute approximate surface area is 214 Å². The van der Waals surface area contributed by atoms with Gasteiger partial charge in [-0.05, 0) is 50.1 Å². The summed E-state index contributed by atoms with van der Waals surface area (Å²) >= 11 is 0. The van der Waals surface area contributed by atoms with Crippen LogP contribution >= 0.6 is 0 Å². The number of nitrogens with zero attached hydrogens (tertiary/aromatic N) is 2. The second kappa shape index (κ2) is 11.1. The molecule has 4 rings (SSSR count). The number of aryl methyl sites for hydroxylation is 1. The number of aromatic nitrogens is 1. The van der Waals surface area contributed by atoms with Crippen molar-refractivity contribution in [2.45, 2.75) is 24.7 Å². The molecule has 1 fully saturated rings. The Balaban J connectivity index is 1.44. The van der Waals surface area contributed by atoms with Gasteiger partial charge in [-0.2, -0.15) is 4.31 Å². The van der Waals surface area contributed by atoms with Crippen LogP contribution in [0.15, 0.2) is 51.9 Å². The van der Waals surface area contributed by atoms with Gasteiger partial charge in [0.15, 0.2) is 22.2 Å². The van der Waals surface area contributed by atoms with Gasteiger partial charge in [0.05, 0.1) is 14.2 Å². The fraction of sp³-hybridized carbons (Fsp3) is 0.308. The second-order valence-electron chi connectivity index (χ2n) is 8.55. The highest BCUT2D eigenvalue weighted by Gasteiger charge is 2.36. The number of carbonyl (C=O) groups excluding carboxylic acids is 1. The number of rotatable bonds is 8. The molecule has 11 heteroatoms. The Bertz CT molecular complexity index is 1410. The van der Waals surface area contributed by atoms with E-state index < -0.39 is 15.8 Å². The predicted octanol–water partition coefficient (Wildman–Crippen LogP) is 4.35. The number of carbonyl (C=O) groups is 1. The Hall–Kier alpha value is -3.70. The van der Waals surface area contributed by atoms with Crippen LogP contribution in [0.4, 0.5) is 10.1 Å². The number of hydrogen-bond acceptors (Lipinski definition) is 7. The number of piperidine rings is 1. The molecule has 0 atom stereocenters. The first-order chi connectivity index (χ1) is 17.7. The van der Waals surface area contributed by atoms with Crippen LogP contribution in [0.3, 0.4) is 0 Å². The zero-order valence-corrected chi connectivity index (χ0v) is 21.5. The summed E-state index contributed by atoms with van der Waals surface area (Å²) in [6, 6.07) is 11.2. The van der Waals surface area contributed by atoms with Crippen molar-refractivity contribution in [3.05, 3.63) is 65.3 Å². The average Bonchev–Trinajstić information content (AvgIpc) is 3.29. The quantitative estimate of drug-likeness (QED) is 0.462. The lowest BCUT2D eigenvalue weighted by Gasteiger charge is -2.30. The molecular formula is C26H28FN3O6S. The minimum Gasteiger partial charge on any atom is -0.493 e. The third-order valence-corrected chi connectivity index (χ3v) is 8.28. The van der Waals surface area contributed by atoms with Gasteiger partial charge in [-0.1, -0.05) is 23.4 Å². The first-order valence-electron chi connectivity index (χ1n) is 11.7. The number of nitrogens with one attached hydrogen (secondary N) is 1. The van der Waals surface area contributed by atoms with Gasteiger partial charge in [-0.3, -0.25) is 4.79 Å². The molecule has 37 heavy (non-hydrogen) atoms. The molecule has 0 unspecified atom stereocenters. The smallest absolute Gasteiger partial charge is 0.248 e. The molecule has 2 aromatic carbocycles. The zero-order valence-electron chi connectivity index (χ0n) is 20.7. The van der Waals surface area contributed by atoms with Crippen LogP contribution in [0.1, 0.15) is 29.9 Å². The molecule has 0 spiro atoms. The molecule has 0 bridgehead atoms. The maximum atomic E-state index is 14.0. The molecule has 1 amide bonds. The first kappa shape index (κ1) is 26.4. The van der Waals surface area contributed by atoms with E-state index >= 15 is 0 Å². The predicted molar refractivity (Wildman–Crippen MR) is 136 cm³/mol. The van der Waals surface area contributed by atoms with Crippen LogP contribution in [0.5, 0.6) is 11.5 Å². The lowest BCUT2D eigenvalue weighted by atomic mass is 9.97. The number of anilines is 1. The number of amides is 1. The molecule has 1 aromatic heterocycles. The summed E-state index contributed by atoms with van der Waals surface area (Å²) < 4.78 is 57.9. The van der Waals surface area contributed by atoms with Crippen LogP contribution < -0.4 is 14.8 Å². The van der Waals surface area contributed by atoms with Crippen molar-refractivity contribution < 1.29 is 31.6 Å². The van der Waals surface area contributed by atoms with E-state index in [-0.39, 0.29) is 41.3 Å². The van der Waals surface area contributed by atoms with Crippen molar-refractivity contribution in [3.63, 3.8) is 0 Å². The lowest BCUT2D eigenvalue weighted by Crippen LogP contribution is -2.41. The Kier molecular flexibility index (Phi) is 7.94. The SMILES string of the molecule is COc1ccc(NC(=O)C2CCN(S(=O)(=O)c3c(C)noc3C=Cc3ccccc3F)CC2)cc1OC. The fourth-order valence-electron chi connectivity index (χ4n) is 4.22. The van der Waals surface area contributed by atoms with Crippen molar-refractivity contribution in [2.24, 2.45) is 5.92 Å². The van der Waals surface area contributed by atoms with E-state index in [1.807, 2.05) is 0 Å². The molecular weight excluding hydrogens is 501 g/mol. The Morgan fingerprint density at radius 3 is 2.49 bits per heavy atom. The summed E-state index contributed by atoms with van der Waals surface area (Å²) in [4.78, 5) is 12.8. The molecule has 2 heterocycles. The summed E-state index contributed by atoms with van der Waals surface area (Å²) in [5.41, 5.74) is 1.06. The van der Waals surface area contributed by atoms with Crippen molar-refractivity contribution in [3.8, 4) is 11.5 Å². The molecule has 0 radical (unpaired) electrons. The van der Waals surface area contributed by atoms with E-state index in [1.54, 1.807) is 43.3 Å². The van der Waals surface area contributed by atoms with Crippen molar-refractivity contribution in [1.29, 1.82) is 0 Å². The van der Waals surface area contributed by atoms with Crippen molar-refractivity contribution in [1.82, 2.24) is 9.46 Å². The van der Waals surface area contributed by atoms with E-state index in [1.165, 1.54) is 36.7 Å². The minimum absolute atomic E-state index is 0.0223. The van der Waals surface area contributed by atoms with Gasteiger partial charge in [0.25, 0.3) is 0 Å². The van der Waals surface area contributed by atoms with Gasteiger partial charge in [0, 0.05) is 36.3 Å². The molecule has 1 aliphatic rings. The first-order valence-corrected chi connectivity index (χ1v) is 13.1. The molecule has 0 aliphatic carbocycles. The molecule has 196 valence electrons. The molecule has 1 aliphatic heterocycles. The lowest BCUT2D eigenvalue weighted by molar-refractivity contribution is -0.120. The number of sulfonamides is 1. The summed E-state index contributed by atoms with van der Waals surface area (Å²) in [6.07, 6.45) is 3.54. The standard InChI is InChI=1S/C26H28FN3O6S/c1-17-25(23(36-29-17)10-8-18-6-4-5-7-21(18)27)37(32,33)30-14-12-19(13-15-30)26(31)28-20-9-11-22(34-2)24(16-20)35-3/h4-11,16,19H,12-15H2,1-3H3,(H,28,31). The normalized spacial score (nSPS) is 15.1. The van der Waals surface area contributed by atoms with Gasteiger partial charge < -0.3 is 19.3 Å². The van der Waals surface area contributed by atoms with Crippen LogP contribution in [0.2, 0.25) is 0 Å². The minimum atomic E-state index is -3.95. The van der Waals surface area contributed by atoms with Crippen LogP contribution in [-0.4, -0.2) is 51.1 Å². The maximum absolute atomic E-state index is 14.0. The van der Waals surface area contributed by atoms with E-state index in [0.717, 1.165) is 0 Å². The van der Waals surface area contributed by atoms with E-state index in [0.29, 0.717) is 35.6 Å². The third kappa shape index (κ3) is 5.67. The van der Waals surface area contributed by atoms with Gasteiger partial charge in [0.1, 0.15) is 11.5 Å². The number of hydrogen-bond donors (Lipinski definition) is 1. The van der Waals surface area contributed by atoms with E-state index in [4.69, 9.17) is 14.0 Å². The van der Waals surface area contributed by atoms with Crippen LogP contribution in [0.25, 0.3) is 12.2 Å². The Morgan fingerprint density at radius 2 is 1.81 bits per heavy atom. The molecule has 1 N–H and O–H groups in total. The number of benzene rings is 2. The highest BCUT2D eigenvalue weighted by molar-refractivity contribution is 7.89. The Morgan fingerprint density at radius 1 is 1.11 bits per heavy atom. The summed E-state index contributed by atoms with van der Waals surface area (Å²) in [7, 11) is -0.908. The second-order valence-corrected chi connectivity index (χ2v) is 10.4.